The van der Waals surface area contributed by atoms with Gasteiger partial charge in [-0.2, -0.15) is 0 Å². The lowest BCUT2D eigenvalue weighted by atomic mass is 10.1. The smallest absolute Gasteiger partial charge is 0.309 e. The van der Waals surface area contributed by atoms with Crippen molar-refractivity contribution in [1.29, 1.82) is 0 Å². The van der Waals surface area contributed by atoms with E-state index in [0.29, 0.717) is 10.9 Å². The third kappa shape index (κ3) is 2.90. The van der Waals surface area contributed by atoms with E-state index in [1.54, 1.807) is 6.07 Å². The molecule has 0 unspecified atom stereocenters. The van der Waals surface area contributed by atoms with Gasteiger partial charge in [0.25, 0.3) is 0 Å². The van der Waals surface area contributed by atoms with Crippen molar-refractivity contribution in [2.75, 3.05) is 0 Å². The van der Waals surface area contributed by atoms with Crippen molar-refractivity contribution in [2.24, 2.45) is 0 Å². The molecule has 1 aromatic heterocycles. The molecule has 22 heavy (non-hydrogen) atoms. The minimum atomic E-state index is -0.349. The second-order valence-electron chi connectivity index (χ2n) is 4.83. The van der Waals surface area contributed by atoms with Crippen LogP contribution in [0.25, 0.3) is 16.9 Å². The van der Waals surface area contributed by atoms with Crippen molar-refractivity contribution < 1.29 is 9.53 Å². The predicted molar refractivity (Wildman–Crippen MR) is 87.5 cm³/mol. The van der Waals surface area contributed by atoms with Crippen molar-refractivity contribution in [3.8, 4) is 22.8 Å². The lowest BCUT2D eigenvalue weighted by molar-refractivity contribution is -0.132. The van der Waals surface area contributed by atoms with Gasteiger partial charge in [-0.05, 0) is 35.9 Å². The summed E-state index contributed by atoms with van der Waals surface area (Å²) in [4.78, 5) is 11.3. The number of halogens is 1. The molecule has 0 aliphatic carbocycles. The van der Waals surface area contributed by atoms with Crippen molar-refractivity contribution in [1.82, 2.24) is 4.57 Å². The summed E-state index contributed by atoms with van der Waals surface area (Å²) in [6.07, 6.45) is 0. The summed E-state index contributed by atoms with van der Waals surface area (Å²) in [5.41, 5.74) is 2.85. The van der Waals surface area contributed by atoms with Gasteiger partial charge < -0.3 is 4.74 Å². The lowest BCUT2D eigenvalue weighted by Gasteiger charge is -2.13. The van der Waals surface area contributed by atoms with Crippen LogP contribution in [0.4, 0.5) is 0 Å². The highest BCUT2D eigenvalue weighted by atomic mass is 35.5. The number of para-hydroxylation sites is 1. The van der Waals surface area contributed by atoms with Gasteiger partial charge in [0.1, 0.15) is 0 Å². The van der Waals surface area contributed by atoms with E-state index in [4.69, 9.17) is 16.3 Å². The van der Waals surface area contributed by atoms with Crippen molar-refractivity contribution >= 4 is 17.6 Å². The molecule has 0 N–H and O–H groups in total. The van der Waals surface area contributed by atoms with E-state index in [0.717, 1.165) is 16.9 Å². The van der Waals surface area contributed by atoms with E-state index in [1.807, 2.05) is 65.2 Å². The monoisotopic (exact) mass is 311 g/mol. The fourth-order valence-corrected chi connectivity index (χ4v) is 2.46. The van der Waals surface area contributed by atoms with E-state index in [2.05, 4.69) is 0 Å². The van der Waals surface area contributed by atoms with Gasteiger partial charge in [0, 0.05) is 23.7 Å². The fourth-order valence-electron chi connectivity index (χ4n) is 2.33. The third-order valence-electron chi connectivity index (χ3n) is 3.25. The number of benzene rings is 2. The minimum Gasteiger partial charge on any atom is -0.409 e. The maximum absolute atomic E-state index is 11.3. The third-order valence-corrected chi connectivity index (χ3v) is 3.50. The van der Waals surface area contributed by atoms with Crippen molar-refractivity contribution in [3.63, 3.8) is 0 Å². The number of rotatable bonds is 3. The number of carbonyl (C=O) groups is 1. The van der Waals surface area contributed by atoms with Crippen LogP contribution in [-0.2, 0) is 4.79 Å². The Balaban J connectivity index is 2.16. The Morgan fingerprint density at radius 3 is 2.27 bits per heavy atom. The first-order valence-electron chi connectivity index (χ1n) is 6.86. The number of carbonyl (C=O) groups excluding carboxylic acids is 1. The van der Waals surface area contributed by atoms with Crippen LogP contribution >= 0.6 is 11.6 Å². The summed E-state index contributed by atoms with van der Waals surface area (Å²) >= 11 is 5.95. The molecule has 0 saturated carbocycles. The van der Waals surface area contributed by atoms with E-state index in [9.17, 15) is 4.79 Å². The first-order chi connectivity index (χ1) is 10.6. The van der Waals surface area contributed by atoms with Crippen molar-refractivity contribution in [2.45, 2.75) is 6.92 Å². The molecule has 0 aliphatic rings. The van der Waals surface area contributed by atoms with Gasteiger partial charge in [0.05, 0.1) is 5.69 Å². The van der Waals surface area contributed by atoms with E-state index in [-0.39, 0.29) is 5.97 Å². The molecular formula is C18H14ClNO2. The molecule has 110 valence electrons. The van der Waals surface area contributed by atoms with Crippen LogP contribution in [0.15, 0.2) is 66.7 Å². The number of aromatic nitrogens is 1. The zero-order valence-corrected chi connectivity index (χ0v) is 12.7. The molecule has 0 spiro atoms. The Morgan fingerprint density at radius 2 is 1.64 bits per heavy atom. The number of nitrogens with zero attached hydrogens (tertiary/aromatic N) is 1. The first kappa shape index (κ1) is 14.4. The van der Waals surface area contributed by atoms with Crippen molar-refractivity contribution in [3.05, 3.63) is 71.8 Å². The van der Waals surface area contributed by atoms with Gasteiger partial charge in [0.2, 0.25) is 5.88 Å². The molecule has 0 radical (unpaired) electrons. The average Bonchev–Trinajstić information content (AvgIpc) is 2.91. The van der Waals surface area contributed by atoms with Crippen LogP contribution in [0, 0.1) is 0 Å². The Labute approximate surface area is 133 Å². The highest BCUT2D eigenvalue weighted by Crippen LogP contribution is 2.31. The zero-order valence-electron chi connectivity index (χ0n) is 12.0. The van der Waals surface area contributed by atoms with Gasteiger partial charge in [-0.25, -0.2) is 0 Å². The normalized spacial score (nSPS) is 10.5. The summed E-state index contributed by atoms with van der Waals surface area (Å²) in [5, 5.41) is 0.682. The molecule has 0 saturated heterocycles. The number of hydrogen-bond donors (Lipinski definition) is 0. The van der Waals surface area contributed by atoms with E-state index in [1.165, 1.54) is 6.92 Å². The molecule has 1 heterocycles. The summed E-state index contributed by atoms with van der Waals surface area (Å²) in [6.45, 7) is 1.39. The minimum absolute atomic E-state index is 0.349. The largest absolute Gasteiger partial charge is 0.409 e. The van der Waals surface area contributed by atoms with E-state index < -0.39 is 0 Å². The van der Waals surface area contributed by atoms with Crippen LogP contribution in [0.2, 0.25) is 5.02 Å². The second kappa shape index (κ2) is 6.08. The molecule has 3 nitrogen and oxygen atoms in total. The van der Waals surface area contributed by atoms with E-state index >= 15 is 0 Å². The molecule has 4 heteroatoms. The molecule has 3 aromatic rings. The Hall–Kier alpha value is -2.52. The Bertz CT molecular complexity index is 792. The SMILES string of the molecule is CC(=O)Oc1ccc(-c2ccc(Cl)cc2)n1-c1ccccc1. The molecule has 0 bridgehead atoms. The van der Waals surface area contributed by atoms with Gasteiger partial charge in [0.15, 0.2) is 0 Å². The highest BCUT2D eigenvalue weighted by Gasteiger charge is 2.14. The molecular weight excluding hydrogens is 298 g/mol. The molecule has 0 amide bonds. The average molecular weight is 312 g/mol. The molecule has 0 aliphatic heterocycles. The van der Waals surface area contributed by atoms with Crippen LogP contribution in [0.3, 0.4) is 0 Å². The van der Waals surface area contributed by atoms with Gasteiger partial charge >= 0.3 is 5.97 Å². The second-order valence-corrected chi connectivity index (χ2v) is 5.26. The Morgan fingerprint density at radius 1 is 0.955 bits per heavy atom. The highest BCUT2D eigenvalue weighted by molar-refractivity contribution is 6.30. The predicted octanol–water partition coefficient (Wildman–Crippen LogP) is 4.72. The molecule has 3 rings (SSSR count). The quantitative estimate of drug-likeness (QED) is 0.655. The number of esters is 1. The molecule has 0 fully saturated rings. The molecule has 0 atom stereocenters. The maximum atomic E-state index is 11.3. The molecule has 2 aromatic carbocycles. The van der Waals surface area contributed by atoms with Gasteiger partial charge in [-0.1, -0.05) is 41.9 Å². The summed E-state index contributed by atoms with van der Waals surface area (Å²) in [5.74, 6) is 0.140. The van der Waals surface area contributed by atoms with Crippen LogP contribution in [-0.4, -0.2) is 10.5 Å². The first-order valence-corrected chi connectivity index (χ1v) is 7.24. The topological polar surface area (TPSA) is 31.2 Å². The fraction of sp³-hybridized carbons (Fsp3) is 0.0556. The summed E-state index contributed by atoms with van der Waals surface area (Å²) in [7, 11) is 0. The standard InChI is InChI=1S/C18H14ClNO2/c1-13(21)22-18-12-11-17(14-7-9-15(19)10-8-14)20(18)16-5-3-2-4-6-16/h2-12H,1H3. The van der Waals surface area contributed by atoms with Crippen LogP contribution in [0.1, 0.15) is 6.92 Å². The number of ether oxygens (including phenoxy) is 1. The van der Waals surface area contributed by atoms with Gasteiger partial charge in [-0.3, -0.25) is 9.36 Å². The van der Waals surface area contributed by atoms with Crippen LogP contribution < -0.4 is 4.74 Å². The summed E-state index contributed by atoms with van der Waals surface area (Å²) < 4.78 is 7.23. The zero-order chi connectivity index (χ0) is 15.5. The lowest BCUT2D eigenvalue weighted by Crippen LogP contribution is -2.07. The number of hydrogen-bond acceptors (Lipinski definition) is 2. The van der Waals surface area contributed by atoms with Crippen LogP contribution in [0.5, 0.6) is 5.88 Å². The Kier molecular flexibility index (Phi) is 3.98. The van der Waals surface area contributed by atoms with Gasteiger partial charge in [-0.15, -0.1) is 0 Å². The summed E-state index contributed by atoms with van der Waals surface area (Å²) in [6, 6.07) is 21.0. The maximum Gasteiger partial charge on any atom is 0.309 e.